The van der Waals surface area contributed by atoms with Crippen LogP contribution in [-0.2, 0) is 4.79 Å². The van der Waals surface area contributed by atoms with Crippen LogP contribution in [0.4, 0.5) is 5.69 Å². The summed E-state index contributed by atoms with van der Waals surface area (Å²) in [6, 6.07) is 6.26. The van der Waals surface area contributed by atoms with Crippen LogP contribution >= 0.6 is 24.8 Å². The molecule has 3 atom stereocenters. The maximum atomic E-state index is 12.6. The fraction of sp³-hybridized carbons (Fsp3) is 0.611. The Kier molecular flexibility index (Phi) is 8.00. The second-order valence-corrected chi connectivity index (χ2v) is 7.00. The highest BCUT2D eigenvalue weighted by Gasteiger charge is 2.37. The minimum absolute atomic E-state index is 0. The summed E-state index contributed by atoms with van der Waals surface area (Å²) in [6.07, 6.45) is 0.592. The molecule has 0 spiro atoms. The van der Waals surface area contributed by atoms with Gasteiger partial charge in [0.25, 0.3) is 0 Å². The lowest BCUT2D eigenvalue weighted by atomic mass is 10.0. The summed E-state index contributed by atoms with van der Waals surface area (Å²) >= 11 is 0. The van der Waals surface area contributed by atoms with Gasteiger partial charge in [-0.2, -0.15) is 0 Å². The van der Waals surface area contributed by atoms with Crippen LogP contribution in [-0.4, -0.2) is 54.2 Å². The number of nitrogens with two attached hydrogens (primary N) is 1. The second kappa shape index (κ2) is 9.08. The first kappa shape index (κ1) is 22.0. The Morgan fingerprint density at radius 3 is 2.32 bits per heavy atom. The van der Waals surface area contributed by atoms with Gasteiger partial charge >= 0.3 is 0 Å². The smallest absolute Gasteiger partial charge is 0.225 e. The van der Waals surface area contributed by atoms with E-state index in [1.807, 2.05) is 4.90 Å². The van der Waals surface area contributed by atoms with E-state index in [9.17, 15) is 9.90 Å². The number of hydrogen-bond donors (Lipinski definition) is 2. The van der Waals surface area contributed by atoms with Gasteiger partial charge < -0.3 is 20.6 Å². The molecule has 1 aliphatic carbocycles. The molecule has 1 aromatic rings. The van der Waals surface area contributed by atoms with Gasteiger partial charge in [0.2, 0.25) is 5.91 Å². The summed E-state index contributed by atoms with van der Waals surface area (Å²) in [7, 11) is 0. The van der Waals surface area contributed by atoms with Crippen molar-refractivity contribution >= 4 is 36.4 Å². The number of carbonyl (C=O) groups is 1. The van der Waals surface area contributed by atoms with Crippen molar-refractivity contribution in [2.45, 2.75) is 38.8 Å². The summed E-state index contributed by atoms with van der Waals surface area (Å²) < 4.78 is 0. The summed E-state index contributed by atoms with van der Waals surface area (Å²) in [5.41, 5.74) is 9.65. The highest BCUT2D eigenvalue weighted by atomic mass is 35.5. The molecular weight excluding hydrogens is 361 g/mol. The van der Waals surface area contributed by atoms with Crippen molar-refractivity contribution in [1.82, 2.24) is 4.90 Å². The van der Waals surface area contributed by atoms with E-state index in [1.54, 1.807) is 0 Å². The molecule has 2 aliphatic rings. The Hall–Kier alpha value is -1.01. The Balaban J connectivity index is 0.00000156. The van der Waals surface area contributed by atoms with E-state index in [4.69, 9.17) is 5.73 Å². The summed E-state index contributed by atoms with van der Waals surface area (Å²) in [5, 5.41) is 9.76. The minimum Gasteiger partial charge on any atom is -0.391 e. The first-order valence-corrected chi connectivity index (χ1v) is 8.50. The zero-order valence-corrected chi connectivity index (χ0v) is 16.5. The third-order valence-corrected chi connectivity index (χ3v) is 5.22. The van der Waals surface area contributed by atoms with Gasteiger partial charge in [0, 0.05) is 43.8 Å². The van der Waals surface area contributed by atoms with Crippen LogP contribution in [0.1, 0.15) is 24.0 Å². The van der Waals surface area contributed by atoms with Crippen LogP contribution in [0.3, 0.4) is 0 Å². The Bertz CT molecular complexity index is 582. The lowest BCUT2D eigenvalue weighted by Gasteiger charge is -2.38. The lowest BCUT2D eigenvalue weighted by molar-refractivity contribution is -0.135. The van der Waals surface area contributed by atoms with Gasteiger partial charge in [-0.1, -0.05) is 12.1 Å². The van der Waals surface area contributed by atoms with Crippen LogP contribution in [0.5, 0.6) is 0 Å². The molecule has 1 aromatic carbocycles. The first-order chi connectivity index (χ1) is 11.0. The van der Waals surface area contributed by atoms with E-state index in [-0.39, 0.29) is 42.7 Å². The maximum absolute atomic E-state index is 12.6. The Labute approximate surface area is 162 Å². The summed E-state index contributed by atoms with van der Waals surface area (Å²) in [4.78, 5) is 16.9. The standard InChI is InChI=1S/C18H27N3O2.2ClH/c1-12-3-4-13(2)16(9-12)20-5-7-21(8-6-20)18(23)14-10-15(19)17(22)11-14;;/h3-4,9,14-15,17,22H,5-8,10-11,19H2,1-2H3;2*1H/t14-,15-,17-;;/m0../s1. The fourth-order valence-corrected chi connectivity index (χ4v) is 3.74. The summed E-state index contributed by atoms with van der Waals surface area (Å²) in [6.45, 7) is 7.45. The van der Waals surface area contributed by atoms with E-state index in [0.717, 1.165) is 26.2 Å². The molecule has 7 heteroatoms. The van der Waals surface area contributed by atoms with E-state index in [0.29, 0.717) is 12.8 Å². The number of aliphatic hydroxyl groups excluding tert-OH is 1. The van der Waals surface area contributed by atoms with E-state index < -0.39 is 6.10 Å². The largest absolute Gasteiger partial charge is 0.391 e. The molecule has 142 valence electrons. The zero-order chi connectivity index (χ0) is 16.6. The van der Waals surface area contributed by atoms with Crippen molar-refractivity contribution in [2.24, 2.45) is 11.7 Å². The molecule has 0 unspecified atom stereocenters. The predicted octanol–water partition coefficient (Wildman–Crippen LogP) is 1.89. The monoisotopic (exact) mass is 389 g/mol. The van der Waals surface area contributed by atoms with Crippen LogP contribution in [0, 0.1) is 19.8 Å². The van der Waals surface area contributed by atoms with E-state index >= 15 is 0 Å². The fourth-order valence-electron chi connectivity index (χ4n) is 3.74. The minimum atomic E-state index is -0.528. The van der Waals surface area contributed by atoms with Crippen molar-refractivity contribution in [3.63, 3.8) is 0 Å². The van der Waals surface area contributed by atoms with Crippen LogP contribution < -0.4 is 10.6 Å². The number of benzene rings is 1. The first-order valence-electron chi connectivity index (χ1n) is 8.50. The lowest BCUT2D eigenvalue weighted by Crippen LogP contribution is -2.50. The molecule has 0 bridgehead atoms. The zero-order valence-electron chi connectivity index (χ0n) is 14.9. The quantitative estimate of drug-likeness (QED) is 0.809. The van der Waals surface area contributed by atoms with Gasteiger partial charge in [0.15, 0.2) is 0 Å². The Morgan fingerprint density at radius 2 is 1.76 bits per heavy atom. The predicted molar refractivity (Wildman–Crippen MR) is 106 cm³/mol. The van der Waals surface area contributed by atoms with Crippen LogP contribution in [0.15, 0.2) is 18.2 Å². The van der Waals surface area contributed by atoms with Gasteiger partial charge in [-0.3, -0.25) is 4.79 Å². The third kappa shape index (κ3) is 4.79. The van der Waals surface area contributed by atoms with Crippen molar-refractivity contribution in [3.05, 3.63) is 29.3 Å². The average Bonchev–Trinajstić information content (AvgIpc) is 2.88. The molecule has 1 aliphatic heterocycles. The van der Waals surface area contributed by atoms with Crippen LogP contribution in [0.25, 0.3) is 0 Å². The topological polar surface area (TPSA) is 69.8 Å². The molecular formula is C18H29Cl2N3O2. The summed E-state index contributed by atoms with van der Waals surface area (Å²) in [5.74, 6) is 0.0601. The normalized spacial score (nSPS) is 26.0. The molecule has 2 fully saturated rings. The van der Waals surface area contributed by atoms with Crippen molar-refractivity contribution < 1.29 is 9.90 Å². The molecule has 0 radical (unpaired) electrons. The number of rotatable bonds is 2. The maximum Gasteiger partial charge on any atom is 0.225 e. The SMILES string of the molecule is Cc1ccc(C)c(N2CCN(C(=O)[C@H]3C[C@H](N)[C@@H](O)C3)CC2)c1.Cl.Cl. The average molecular weight is 390 g/mol. The molecule has 1 heterocycles. The van der Waals surface area contributed by atoms with Crippen molar-refractivity contribution in [3.8, 4) is 0 Å². The van der Waals surface area contributed by atoms with E-state index in [1.165, 1.54) is 16.8 Å². The van der Waals surface area contributed by atoms with E-state index in [2.05, 4.69) is 36.9 Å². The van der Waals surface area contributed by atoms with Gasteiger partial charge in [-0.15, -0.1) is 24.8 Å². The molecule has 5 nitrogen and oxygen atoms in total. The molecule has 1 saturated carbocycles. The number of amides is 1. The highest BCUT2D eigenvalue weighted by molar-refractivity contribution is 5.85. The van der Waals surface area contributed by atoms with Gasteiger partial charge in [-0.05, 0) is 43.9 Å². The third-order valence-electron chi connectivity index (χ3n) is 5.22. The number of aliphatic hydroxyl groups is 1. The van der Waals surface area contributed by atoms with Gasteiger partial charge in [-0.25, -0.2) is 0 Å². The van der Waals surface area contributed by atoms with Crippen molar-refractivity contribution in [1.29, 1.82) is 0 Å². The Morgan fingerprint density at radius 1 is 1.12 bits per heavy atom. The molecule has 3 N–H and O–H groups in total. The molecule has 0 aromatic heterocycles. The van der Waals surface area contributed by atoms with Crippen LogP contribution in [0.2, 0.25) is 0 Å². The van der Waals surface area contributed by atoms with Gasteiger partial charge in [0.05, 0.1) is 6.10 Å². The van der Waals surface area contributed by atoms with Gasteiger partial charge in [0.1, 0.15) is 0 Å². The molecule has 3 rings (SSSR count). The molecule has 1 amide bonds. The number of halogens is 2. The number of hydrogen-bond acceptors (Lipinski definition) is 4. The van der Waals surface area contributed by atoms with Crippen molar-refractivity contribution in [2.75, 3.05) is 31.1 Å². The number of nitrogens with zero attached hydrogens (tertiary/aromatic N) is 2. The number of anilines is 1. The highest BCUT2D eigenvalue weighted by Crippen LogP contribution is 2.28. The molecule has 1 saturated heterocycles. The number of aryl methyl sites for hydroxylation is 2. The number of piperazine rings is 1. The second-order valence-electron chi connectivity index (χ2n) is 7.00. The number of carbonyl (C=O) groups excluding carboxylic acids is 1. The molecule has 25 heavy (non-hydrogen) atoms.